The van der Waals surface area contributed by atoms with E-state index < -0.39 is 11.7 Å². The molecule has 9 heteroatoms. The second-order valence-electron chi connectivity index (χ2n) is 6.23. The van der Waals surface area contributed by atoms with Crippen molar-refractivity contribution in [2.75, 3.05) is 7.11 Å². The topological polar surface area (TPSA) is 96.4 Å². The second kappa shape index (κ2) is 7.89. The Morgan fingerprint density at radius 1 is 1.39 bits per heavy atom. The van der Waals surface area contributed by atoms with Gasteiger partial charge in [0.2, 0.25) is 5.91 Å². The average molecular weight is 402 g/mol. The van der Waals surface area contributed by atoms with Crippen LogP contribution in [0.25, 0.3) is 10.2 Å². The Morgan fingerprint density at radius 2 is 2.14 bits per heavy atom. The number of carbonyl (C=O) groups excluding carboxylic acids is 1. The Bertz CT molecular complexity index is 1150. The first kappa shape index (κ1) is 19.7. The molecule has 0 saturated carbocycles. The Kier molecular flexibility index (Phi) is 5.55. The zero-order valence-corrected chi connectivity index (χ0v) is 16.7. The Morgan fingerprint density at radius 3 is 2.82 bits per heavy atom. The number of thiophene rings is 1. The zero-order valence-electron chi connectivity index (χ0n) is 15.8. The quantitative estimate of drug-likeness (QED) is 0.507. The lowest BCUT2D eigenvalue weighted by molar-refractivity contribution is -0.120. The predicted molar refractivity (Wildman–Crippen MR) is 107 cm³/mol. The third-order valence-electron chi connectivity index (χ3n) is 4.33. The number of ether oxygens (including phenoxy) is 1. The van der Waals surface area contributed by atoms with Gasteiger partial charge < -0.3 is 9.72 Å². The highest BCUT2D eigenvalue weighted by atomic mass is 32.1. The van der Waals surface area contributed by atoms with Crippen molar-refractivity contribution in [2.24, 2.45) is 5.10 Å². The van der Waals surface area contributed by atoms with Crippen LogP contribution in [0.15, 0.2) is 28.1 Å². The van der Waals surface area contributed by atoms with Crippen LogP contribution in [-0.2, 0) is 11.2 Å². The summed E-state index contributed by atoms with van der Waals surface area (Å²) in [7, 11) is 1.38. The summed E-state index contributed by atoms with van der Waals surface area (Å²) in [6, 6.07) is 4.40. The molecule has 0 aliphatic carbocycles. The zero-order chi connectivity index (χ0) is 20.4. The number of aromatic nitrogens is 2. The fourth-order valence-electron chi connectivity index (χ4n) is 2.68. The maximum Gasteiger partial charge on any atom is 0.259 e. The van der Waals surface area contributed by atoms with Crippen molar-refractivity contribution in [3.05, 3.63) is 56.2 Å². The SMILES string of the molecule is COc1ccc(/C(C)=N\NC(=O)Cc2nc3sc(C)c(C)c3c(=O)[nH]2)cc1F. The molecule has 0 aliphatic rings. The molecule has 0 bridgehead atoms. The molecule has 1 aromatic carbocycles. The molecule has 0 saturated heterocycles. The standard InChI is InChI=1S/C19H19FN4O3S/c1-9-11(3)28-19-17(9)18(26)21-15(22-19)8-16(25)24-23-10(2)12-5-6-14(27-4)13(20)7-12/h5-7H,8H2,1-4H3,(H,24,25)(H,21,22,26)/b23-10-. The van der Waals surface area contributed by atoms with Crippen LogP contribution in [0.3, 0.4) is 0 Å². The molecule has 2 aromatic heterocycles. The lowest BCUT2D eigenvalue weighted by Crippen LogP contribution is -2.24. The number of hydrazone groups is 1. The first-order valence-corrected chi connectivity index (χ1v) is 9.27. The number of hydrogen-bond acceptors (Lipinski definition) is 6. The van der Waals surface area contributed by atoms with Crippen LogP contribution in [0.5, 0.6) is 5.75 Å². The number of H-pyrrole nitrogens is 1. The van der Waals surface area contributed by atoms with Crippen LogP contribution < -0.4 is 15.7 Å². The summed E-state index contributed by atoms with van der Waals surface area (Å²) < 4.78 is 18.7. The summed E-state index contributed by atoms with van der Waals surface area (Å²) in [5.74, 6) is -0.567. The number of benzene rings is 1. The van der Waals surface area contributed by atoms with Crippen molar-refractivity contribution in [3.8, 4) is 5.75 Å². The number of nitrogens with one attached hydrogen (secondary N) is 2. The smallest absolute Gasteiger partial charge is 0.259 e. The van der Waals surface area contributed by atoms with Crippen LogP contribution in [0.1, 0.15) is 28.8 Å². The maximum absolute atomic E-state index is 13.8. The van der Waals surface area contributed by atoms with Gasteiger partial charge >= 0.3 is 0 Å². The summed E-state index contributed by atoms with van der Waals surface area (Å²) in [5.41, 5.74) is 3.97. The fourth-order valence-corrected chi connectivity index (χ4v) is 3.73. The Hall–Kier alpha value is -3.07. The van der Waals surface area contributed by atoms with E-state index in [1.807, 2.05) is 13.8 Å². The van der Waals surface area contributed by atoms with Crippen molar-refractivity contribution in [1.82, 2.24) is 15.4 Å². The van der Waals surface area contributed by atoms with Crippen molar-refractivity contribution < 1.29 is 13.9 Å². The third-order valence-corrected chi connectivity index (χ3v) is 5.44. The van der Waals surface area contributed by atoms with Crippen molar-refractivity contribution >= 4 is 33.2 Å². The Labute approximate surface area is 164 Å². The van der Waals surface area contributed by atoms with Crippen LogP contribution in [-0.4, -0.2) is 28.7 Å². The van der Waals surface area contributed by atoms with E-state index in [0.29, 0.717) is 21.5 Å². The summed E-state index contributed by atoms with van der Waals surface area (Å²) in [6.07, 6.45) is -0.130. The number of rotatable bonds is 5. The molecule has 0 fully saturated rings. The van der Waals surface area contributed by atoms with Gasteiger partial charge in [-0.1, -0.05) is 0 Å². The average Bonchev–Trinajstić information content (AvgIpc) is 2.93. The van der Waals surface area contributed by atoms with E-state index in [-0.39, 0.29) is 23.6 Å². The largest absolute Gasteiger partial charge is 0.494 e. The van der Waals surface area contributed by atoms with Gasteiger partial charge in [0.15, 0.2) is 11.6 Å². The third kappa shape index (κ3) is 3.94. The number of hydrogen-bond donors (Lipinski definition) is 2. The molecule has 3 aromatic rings. The van der Waals surface area contributed by atoms with Crippen molar-refractivity contribution in [2.45, 2.75) is 27.2 Å². The van der Waals surface area contributed by atoms with Gasteiger partial charge in [0.05, 0.1) is 24.6 Å². The van der Waals surface area contributed by atoms with Crippen LogP contribution in [0.2, 0.25) is 0 Å². The number of fused-ring (bicyclic) bond motifs is 1. The van der Waals surface area contributed by atoms with E-state index in [4.69, 9.17) is 4.74 Å². The lowest BCUT2D eigenvalue weighted by Gasteiger charge is -2.06. The molecule has 7 nitrogen and oxygen atoms in total. The first-order valence-electron chi connectivity index (χ1n) is 8.46. The number of carbonyl (C=O) groups is 1. The highest BCUT2D eigenvalue weighted by Crippen LogP contribution is 2.25. The number of halogens is 1. The summed E-state index contributed by atoms with van der Waals surface area (Å²) in [5, 5.41) is 4.54. The van der Waals surface area contributed by atoms with Crippen LogP contribution in [0, 0.1) is 19.7 Å². The van der Waals surface area contributed by atoms with E-state index >= 15 is 0 Å². The molecular formula is C19H19FN4O3S. The highest BCUT2D eigenvalue weighted by molar-refractivity contribution is 7.18. The van der Waals surface area contributed by atoms with E-state index in [9.17, 15) is 14.0 Å². The number of aryl methyl sites for hydroxylation is 2. The molecule has 2 heterocycles. The minimum atomic E-state index is -0.516. The molecule has 0 radical (unpaired) electrons. The fraction of sp³-hybridized carbons (Fsp3) is 0.263. The van der Waals surface area contributed by atoms with Crippen molar-refractivity contribution in [3.63, 3.8) is 0 Å². The Balaban J connectivity index is 1.73. The predicted octanol–water partition coefficient (Wildman–Crippen LogP) is 2.83. The molecule has 0 spiro atoms. The number of nitrogens with zero attached hydrogens (tertiary/aromatic N) is 2. The van der Waals surface area contributed by atoms with Crippen molar-refractivity contribution in [1.29, 1.82) is 0 Å². The number of amides is 1. The summed E-state index contributed by atoms with van der Waals surface area (Å²) in [4.78, 5) is 33.0. The van der Waals surface area contributed by atoms with E-state index in [1.165, 1.54) is 30.6 Å². The molecule has 28 heavy (non-hydrogen) atoms. The molecule has 1 amide bonds. The molecular weight excluding hydrogens is 383 g/mol. The minimum Gasteiger partial charge on any atom is -0.494 e. The number of aromatic amines is 1. The van der Waals surface area contributed by atoms with E-state index in [2.05, 4.69) is 20.5 Å². The van der Waals surface area contributed by atoms with Gasteiger partial charge in [-0.3, -0.25) is 9.59 Å². The summed E-state index contributed by atoms with van der Waals surface area (Å²) in [6.45, 7) is 5.44. The molecule has 0 aliphatic heterocycles. The van der Waals surface area contributed by atoms with Crippen LogP contribution in [0.4, 0.5) is 4.39 Å². The minimum absolute atomic E-state index is 0.130. The van der Waals surface area contributed by atoms with Gasteiger partial charge in [0.25, 0.3) is 5.56 Å². The second-order valence-corrected chi connectivity index (χ2v) is 7.44. The van der Waals surface area contributed by atoms with Gasteiger partial charge in [-0.25, -0.2) is 14.8 Å². The lowest BCUT2D eigenvalue weighted by atomic mass is 10.1. The molecule has 3 rings (SSSR count). The van der Waals surface area contributed by atoms with E-state index in [1.54, 1.807) is 13.0 Å². The van der Waals surface area contributed by atoms with Gasteiger partial charge in [-0.2, -0.15) is 5.10 Å². The highest BCUT2D eigenvalue weighted by Gasteiger charge is 2.13. The molecule has 0 atom stereocenters. The van der Waals surface area contributed by atoms with Crippen LogP contribution >= 0.6 is 11.3 Å². The monoisotopic (exact) mass is 402 g/mol. The molecule has 2 N–H and O–H groups in total. The van der Waals surface area contributed by atoms with Gasteiger partial charge in [-0.15, -0.1) is 11.3 Å². The first-order chi connectivity index (χ1) is 13.3. The number of methoxy groups -OCH3 is 1. The molecule has 0 unspecified atom stereocenters. The summed E-state index contributed by atoms with van der Waals surface area (Å²) >= 11 is 1.42. The normalized spacial score (nSPS) is 11.7. The van der Waals surface area contributed by atoms with Gasteiger partial charge in [0.1, 0.15) is 10.7 Å². The van der Waals surface area contributed by atoms with E-state index in [0.717, 1.165) is 10.4 Å². The maximum atomic E-state index is 13.8. The molecule has 146 valence electrons. The van der Waals surface area contributed by atoms with Gasteiger partial charge in [-0.05, 0) is 44.5 Å². The van der Waals surface area contributed by atoms with Gasteiger partial charge in [0, 0.05) is 10.4 Å².